The number of hydrogen-bond acceptors (Lipinski definition) is 5. The molecule has 2 aromatic carbocycles. The van der Waals surface area contributed by atoms with Crippen LogP contribution in [-0.4, -0.2) is 30.7 Å². The number of aryl methyl sites for hydroxylation is 2. The number of aromatic nitrogens is 2. The van der Waals surface area contributed by atoms with Gasteiger partial charge in [-0.1, -0.05) is 11.6 Å². The number of nitrogens with one attached hydrogen (secondary N) is 2. The van der Waals surface area contributed by atoms with E-state index >= 15 is 0 Å². The molecule has 1 heterocycles. The average Bonchev–Trinajstić information content (AvgIpc) is 2.95. The number of ether oxygens (including phenoxy) is 1. The van der Waals surface area contributed by atoms with Crippen LogP contribution in [0.15, 0.2) is 47.4 Å². The van der Waals surface area contributed by atoms with Crippen LogP contribution in [0.25, 0.3) is 0 Å². The van der Waals surface area contributed by atoms with Crippen LogP contribution in [0, 0.1) is 13.8 Å². The highest BCUT2D eigenvalue weighted by Gasteiger charge is 2.21. The molecule has 0 atom stereocenters. The van der Waals surface area contributed by atoms with Gasteiger partial charge in [-0.2, -0.15) is 5.10 Å². The number of carbonyl (C=O) groups excluding carboxylic acids is 1. The number of rotatable bonds is 7. The zero-order valence-corrected chi connectivity index (χ0v) is 19.1. The lowest BCUT2D eigenvalue weighted by Gasteiger charge is -2.12. The number of anilines is 2. The Hall–Kier alpha value is -3.04. The van der Waals surface area contributed by atoms with Crippen molar-refractivity contribution in [2.24, 2.45) is 7.05 Å². The van der Waals surface area contributed by atoms with Gasteiger partial charge in [0.15, 0.2) is 0 Å². The Labute approximate surface area is 186 Å². The van der Waals surface area contributed by atoms with Gasteiger partial charge in [-0.25, -0.2) is 8.42 Å². The minimum Gasteiger partial charge on any atom is -0.494 e. The van der Waals surface area contributed by atoms with Crippen LogP contribution in [0.2, 0.25) is 5.02 Å². The maximum absolute atomic E-state index is 12.8. The van der Waals surface area contributed by atoms with Crippen LogP contribution in [0.4, 0.5) is 11.5 Å². The van der Waals surface area contributed by atoms with E-state index in [-0.39, 0.29) is 15.5 Å². The minimum absolute atomic E-state index is 0.0366. The van der Waals surface area contributed by atoms with E-state index in [1.165, 1.54) is 18.2 Å². The molecule has 0 aliphatic carbocycles. The molecule has 0 saturated carbocycles. The molecule has 0 bridgehead atoms. The van der Waals surface area contributed by atoms with Crippen molar-refractivity contribution in [2.75, 3.05) is 16.6 Å². The second kappa shape index (κ2) is 8.99. The van der Waals surface area contributed by atoms with Crippen molar-refractivity contribution in [3.8, 4) is 5.75 Å². The molecule has 164 valence electrons. The summed E-state index contributed by atoms with van der Waals surface area (Å²) >= 11 is 6.19. The maximum atomic E-state index is 12.8. The zero-order chi connectivity index (χ0) is 22.8. The van der Waals surface area contributed by atoms with Gasteiger partial charge in [0.1, 0.15) is 11.6 Å². The van der Waals surface area contributed by atoms with Gasteiger partial charge in [0.2, 0.25) is 0 Å². The molecular formula is C21H23ClN4O4S. The Balaban J connectivity index is 1.86. The summed E-state index contributed by atoms with van der Waals surface area (Å²) in [5, 5.41) is 7.14. The first kappa shape index (κ1) is 22.6. The molecule has 0 saturated heterocycles. The van der Waals surface area contributed by atoms with E-state index < -0.39 is 15.9 Å². The first-order valence-electron chi connectivity index (χ1n) is 9.49. The first-order chi connectivity index (χ1) is 14.6. The fraction of sp³-hybridized carbons (Fsp3) is 0.238. The lowest BCUT2D eigenvalue weighted by Crippen LogP contribution is -2.18. The summed E-state index contributed by atoms with van der Waals surface area (Å²) in [7, 11) is -2.24. The van der Waals surface area contributed by atoms with Crippen LogP contribution in [0.1, 0.15) is 28.5 Å². The monoisotopic (exact) mass is 462 g/mol. The molecule has 1 amide bonds. The molecule has 0 spiro atoms. The Morgan fingerprint density at radius 3 is 2.42 bits per heavy atom. The normalized spacial score (nSPS) is 11.3. The van der Waals surface area contributed by atoms with Gasteiger partial charge in [-0.15, -0.1) is 0 Å². The van der Waals surface area contributed by atoms with Crippen LogP contribution >= 0.6 is 11.6 Å². The van der Waals surface area contributed by atoms with Crippen molar-refractivity contribution < 1.29 is 17.9 Å². The second-order valence-corrected chi connectivity index (χ2v) is 8.93. The topological polar surface area (TPSA) is 102 Å². The Morgan fingerprint density at radius 2 is 1.84 bits per heavy atom. The molecule has 3 aromatic rings. The van der Waals surface area contributed by atoms with Crippen molar-refractivity contribution in [1.82, 2.24) is 9.78 Å². The van der Waals surface area contributed by atoms with Crippen molar-refractivity contribution in [3.05, 3.63) is 64.3 Å². The molecule has 0 fully saturated rings. The Kier molecular flexibility index (Phi) is 6.56. The van der Waals surface area contributed by atoms with Crippen molar-refractivity contribution in [1.29, 1.82) is 0 Å². The highest BCUT2D eigenvalue weighted by molar-refractivity contribution is 7.92. The highest BCUT2D eigenvalue weighted by Crippen LogP contribution is 2.25. The van der Waals surface area contributed by atoms with Gasteiger partial charge in [-0.3, -0.25) is 14.2 Å². The summed E-state index contributed by atoms with van der Waals surface area (Å²) in [5.41, 5.74) is 1.99. The molecular weight excluding hydrogens is 440 g/mol. The number of amides is 1. The molecule has 0 aliphatic rings. The summed E-state index contributed by atoms with van der Waals surface area (Å²) in [6.45, 7) is 6.04. The number of benzene rings is 2. The van der Waals surface area contributed by atoms with E-state index in [0.717, 1.165) is 11.3 Å². The molecule has 0 aliphatic heterocycles. The third kappa shape index (κ3) is 5.00. The van der Waals surface area contributed by atoms with Crippen molar-refractivity contribution >= 4 is 39.0 Å². The predicted molar refractivity (Wildman–Crippen MR) is 121 cm³/mol. The zero-order valence-electron chi connectivity index (χ0n) is 17.6. The van der Waals surface area contributed by atoms with E-state index in [9.17, 15) is 13.2 Å². The van der Waals surface area contributed by atoms with E-state index in [1.807, 2.05) is 20.8 Å². The number of sulfonamides is 1. The molecule has 0 unspecified atom stereocenters. The second-order valence-electron chi connectivity index (χ2n) is 6.84. The first-order valence-corrected chi connectivity index (χ1v) is 11.3. The quantitative estimate of drug-likeness (QED) is 0.549. The number of carbonyl (C=O) groups is 1. The van der Waals surface area contributed by atoms with Crippen LogP contribution < -0.4 is 14.8 Å². The summed E-state index contributed by atoms with van der Waals surface area (Å²) < 4.78 is 35.1. The Bertz CT molecular complexity index is 1220. The van der Waals surface area contributed by atoms with Crippen LogP contribution in [0.3, 0.4) is 0 Å². The molecule has 8 nitrogen and oxygen atoms in total. The largest absolute Gasteiger partial charge is 0.494 e. The van der Waals surface area contributed by atoms with E-state index in [2.05, 4.69) is 15.1 Å². The summed E-state index contributed by atoms with van der Waals surface area (Å²) in [5.74, 6) is 0.616. The number of nitrogens with zero attached hydrogens (tertiary/aromatic N) is 2. The SMILES string of the molecule is CCOc1ccc(NS(=O)(=O)c2ccc(Cl)c(C(=O)Nc3c(C)c(C)nn3C)c2)cc1. The standard InChI is InChI=1S/C21H23ClN4O4S/c1-5-30-16-8-6-15(7-9-16)25-31(28,29)17-10-11-19(22)18(12-17)21(27)23-20-13(2)14(3)24-26(20)4/h6-12,25H,5H2,1-4H3,(H,23,27). The van der Waals surface area contributed by atoms with Gasteiger partial charge in [0.25, 0.3) is 15.9 Å². The molecule has 31 heavy (non-hydrogen) atoms. The predicted octanol–water partition coefficient (Wildman–Crippen LogP) is 4.14. The third-order valence-electron chi connectivity index (χ3n) is 4.66. The van der Waals surface area contributed by atoms with Gasteiger partial charge >= 0.3 is 0 Å². The average molecular weight is 463 g/mol. The van der Waals surface area contributed by atoms with Crippen LogP contribution in [-0.2, 0) is 17.1 Å². The van der Waals surface area contributed by atoms with Crippen molar-refractivity contribution in [3.63, 3.8) is 0 Å². The van der Waals surface area contributed by atoms with E-state index in [0.29, 0.717) is 23.9 Å². The highest BCUT2D eigenvalue weighted by atomic mass is 35.5. The number of hydrogen-bond donors (Lipinski definition) is 2. The lowest BCUT2D eigenvalue weighted by molar-refractivity contribution is 0.102. The molecule has 10 heteroatoms. The molecule has 3 rings (SSSR count). The molecule has 0 radical (unpaired) electrons. The molecule has 2 N–H and O–H groups in total. The summed E-state index contributed by atoms with van der Waals surface area (Å²) in [6.07, 6.45) is 0. The molecule has 1 aromatic heterocycles. The van der Waals surface area contributed by atoms with Gasteiger partial charge < -0.3 is 10.1 Å². The van der Waals surface area contributed by atoms with Crippen molar-refractivity contribution in [2.45, 2.75) is 25.7 Å². The lowest BCUT2D eigenvalue weighted by atomic mass is 10.2. The third-order valence-corrected chi connectivity index (χ3v) is 6.37. The maximum Gasteiger partial charge on any atom is 0.261 e. The van der Waals surface area contributed by atoms with E-state index in [4.69, 9.17) is 16.3 Å². The van der Waals surface area contributed by atoms with Crippen LogP contribution in [0.5, 0.6) is 5.75 Å². The fourth-order valence-electron chi connectivity index (χ4n) is 2.96. The van der Waals surface area contributed by atoms with Gasteiger partial charge in [0.05, 0.1) is 27.8 Å². The Morgan fingerprint density at radius 1 is 1.16 bits per heavy atom. The minimum atomic E-state index is -3.94. The summed E-state index contributed by atoms with van der Waals surface area (Å²) in [4.78, 5) is 12.7. The fourth-order valence-corrected chi connectivity index (χ4v) is 4.25. The van der Waals surface area contributed by atoms with E-state index in [1.54, 1.807) is 36.0 Å². The summed E-state index contributed by atoms with van der Waals surface area (Å²) in [6, 6.07) is 10.5. The van der Waals surface area contributed by atoms with Gasteiger partial charge in [-0.05, 0) is 63.2 Å². The number of halogens is 1. The smallest absolute Gasteiger partial charge is 0.261 e. The van der Waals surface area contributed by atoms with Gasteiger partial charge in [0, 0.05) is 18.3 Å².